The number of anilines is 1. The van der Waals surface area contributed by atoms with Gasteiger partial charge in [-0.1, -0.05) is 0 Å². The Kier molecular flexibility index (Phi) is 4.90. The molecule has 0 saturated carbocycles. The van der Waals surface area contributed by atoms with Crippen molar-refractivity contribution in [2.45, 2.75) is 52.3 Å². The summed E-state index contributed by atoms with van der Waals surface area (Å²) in [6.45, 7) is 8.58. The van der Waals surface area contributed by atoms with Crippen LogP contribution in [0.1, 0.15) is 34.1 Å². The van der Waals surface area contributed by atoms with Crippen molar-refractivity contribution in [2.24, 2.45) is 0 Å². The molecule has 0 aliphatic rings. The number of nitrogens with zero attached hydrogens (tertiary/aromatic N) is 2. The van der Waals surface area contributed by atoms with Gasteiger partial charge in [0.2, 0.25) is 0 Å². The van der Waals surface area contributed by atoms with Gasteiger partial charge in [0.15, 0.2) is 0 Å². The molecule has 0 spiro atoms. The van der Waals surface area contributed by atoms with E-state index in [4.69, 9.17) is 4.74 Å². The molecule has 0 aliphatic heterocycles. The lowest BCUT2D eigenvalue weighted by Gasteiger charge is -2.22. The molecule has 0 aromatic carbocycles. The minimum absolute atomic E-state index is 0.0902. The average molecular weight is 253 g/mol. The average Bonchev–Trinajstić information content (AvgIpc) is 2.27. The zero-order valence-corrected chi connectivity index (χ0v) is 11.9. The van der Waals surface area contributed by atoms with Crippen LogP contribution in [-0.2, 0) is 11.3 Å². The maximum Gasteiger partial charge on any atom is 0.268 e. The second-order valence-corrected chi connectivity index (χ2v) is 5.32. The number of hydrogen-bond donors (Lipinski definition) is 1. The molecule has 0 unspecified atom stereocenters. The van der Waals surface area contributed by atoms with Crippen molar-refractivity contribution in [2.75, 3.05) is 12.4 Å². The van der Waals surface area contributed by atoms with E-state index in [0.29, 0.717) is 6.54 Å². The van der Waals surface area contributed by atoms with Gasteiger partial charge in [-0.3, -0.25) is 4.79 Å². The Balaban J connectivity index is 2.72. The van der Waals surface area contributed by atoms with Gasteiger partial charge in [0.1, 0.15) is 0 Å². The smallest absolute Gasteiger partial charge is 0.268 e. The molecule has 0 aliphatic carbocycles. The van der Waals surface area contributed by atoms with E-state index in [0.717, 1.165) is 12.1 Å². The third-order valence-corrected chi connectivity index (χ3v) is 2.80. The Morgan fingerprint density at radius 3 is 2.67 bits per heavy atom. The van der Waals surface area contributed by atoms with Crippen molar-refractivity contribution in [1.82, 2.24) is 9.78 Å². The Labute approximate surface area is 108 Å². The molecule has 0 atom stereocenters. The second-order valence-electron chi connectivity index (χ2n) is 5.32. The molecular weight excluding hydrogens is 230 g/mol. The lowest BCUT2D eigenvalue weighted by atomic mass is 10.1. The predicted molar refractivity (Wildman–Crippen MR) is 73.0 cm³/mol. The summed E-state index contributed by atoms with van der Waals surface area (Å²) in [5.41, 5.74) is 0.431. The van der Waals surface area contributed by atoms with E-state index < -0.39 is 0 Å². The summed E-state index contributed by atoms with van der Waals surface area (Å²) >= 11 is 0. The first-order valence-electron chi connectivity index (χ1n) is 6.23. The molecule has 0 amide bonds. The first kappa shape index (κ1) is 14.7. The molecule has 102 valence electrons. The Morgan fingerprint density at radius 1 is 1.50 bits per heavy atom. The third-order valence-electron chi connectivity index (χ3n) is 2.80. The number of rotatable bonds is 6. The first-order valence-corrected chi connectivity index (χ1v) is 6.23. The predicted octanol–water partition coefficient (Wildman–Crippen LogP) is 1.88. The summed E-state index contributed by atoms with van der Waals surface area (Å²) in [6, 6.07) is 1.86. The van der Waals surface area contributed by atoms with Crippen LogP contribution in [0.5, 0.6) is 0 Å². The van der Waals surface area contributed by atoms with Crippen LogP contribution in [0, 0.1) is 0 Å². The lowest BCUT2D eigenvalue weighted by molar-refractivity contribution is 0.0110. The van der Waals surface area contributed by atoms with Gasteiger partial charge in [-0.25, -0.2) is 4.68 Å². The van der Waals surface area contributed by atoms with E-state index in [1.54, 1.807) is 19.4 Å². The number of ether oxygens (including phenoxy) is 1. The van der Waals surface area contributed by atoms with Crippen molar-refractivity contribution < 1.29 is 4.74 Å². The standard InChI is InChI=1S/C13H23N3O2/c1-10(2)15-11-8-12(17)16(14-9-11)7-6-13(3,4)18-5/h8-10,15H,6-7H2,1-5H3. The fourth-order valence-corrected chi connectivity index (χ4v) is 1.49. The molecule has 0 fully saturated rings. The van der Waals surface area contributed by atoms with Crippen molar-refractivity contribution in [3.05, 3.63) is 22.6 Å². The zero-order chi connectivity index (χ0) is 13.8. The fraction of sp³-hybridized carbons (Fsp3) is 0.692. The van der Waals surface area contributed by atoms with Gasteiger partial charge in [-0.15, -0.1) is 0 Å². The van der Waals surface area contributed by atoms with E-state index in [-0.39, 0.29) is 17.2 Å². The highest BCUT2D eigenvalue weighted by Gasteiger charge is 2.16. The van der Waals surface area contributed by atoms with Gasteiger partial charge < -0.3 is 10.1 Å². The van der Waals surface area contributed by atoms with E-state index in [2.05, 4.69) is 10.4 Å². The van der Waals surface area contributed by atoms with Gasteiger partial charge in [0, 0.05) is 25.8 Å². The normalized spacial score (nSPS) is 11.9. The van der Waals surface area contributed by atoms with E-state index in [1.165, 1.54) is 4.68 Å². The topological polar surface area (TPSA) is 56.1 Å². The molecule has 1 heterocycles. The minimum Gasteiger partial charge on any atom is -0.381 e. The summed E-state index contributed by atoms with van der Waals surface area (Å²) in [4.78, 5) is 11.8. The molecule has 0 bridgehead atoms. The molecule has 1 N–H and O–H groups in total. The summed E-state index contributed by atoms with van der Waals surface area (Å²) < 4.78 is 6.78. The molecule has 5 heteroatoms. The van der Waals surface area contributed by atoms with Gasteiger partial charge >= 0.3 is 0 Å². The van der Waals surface area contributed by atoms with Gasteiger partial charge in [0.25, 0.3) is 5.56 Å². The van der Waals surface area contributed by atoms with Crippen LogP contribution in [0.2, 0.25) is 0 Å². The number of nitrogens with one attached hydrogen (secondary N) is 1. The van der Waals surface area contributed by atoms with Crippen molar-refractivity contribution in [3.63, 3.8) is 0 Å². The van der Waals surface area contributed by atoms with E-state index in [9.17, 15) is 4.79 Å². The molecule has 1 aromatic heterocycles. The number of methoxy groups -OCH3 is 1. The van der Waals surface area contributed by atoms with Crippen molar-refractivity contribution >= 4 is 5.69 Å². The van der Waals surface area contributed by atoms with Crippen LogP contribution in [-0.4, -0.2) is 28.5 Å². The summed E-state index contributed by atoms with van der Waals surface area (Å²) in [7, 11) is 1.67. The lowest BCUT2D eigenvalue weighted by Crippen LogP contribution is -2.29. The number of hydrogen-bond acceptors (Lipinski definition) is 4. The highest BCUT2D eigenvalue weighted by molar-refractivity contribution is 5.39. The van der Waals surface area contributed by atoms with Crippen molar-refractivity contribution in [1.29, 1.82) is 0 Å². The molecule has 5 nitrogen and oxygen atoms in total. The summed E-state index contributed by atoms with van der Waals surface area (Å²) in [5.74, 6) is 0. The zero-order valence-electron chi connectivity index (χ0n) is 11.9. The van der Waals surface area contributed by atoms with Crippen molar-refractivity contribution in [3.8, 4) is 0 Å². The van der Waals surface area contributed by atoms with Crippen LogP contribution in [0.25, 0.3) is 0 Å². The van der Waals surface area contributed by atoms with Crippen LogP contribution in [0.3, 0.4) is 0 Å². The SMILES string of the molecule is COC(C)(C)CCn1ncc(NC(C)C)cc1=O. The van der Waals surface area contributed by atoms with Gasteiger partial charge in [-0.05, 0) is 34.1 Å². The third kappa shape index (κ3) is 4.49. The van der Waals surface area contributed by atoms with Crippen LogP contribution >= 0.6 is 0 Å². The van der Waals surface area contributed by atoms with Crippen LogP contribution in [0.4, 0.5) is 5.69 Å². The Hall–Kier alpha value is -1.36. The van der Waals surface area contributed by atoms with E-state index >= 15 is 0 Å². The van der Waals surface area contributed by atoms with Crippen LogP contribution in [0.15, 0.2) is 17.1 Å². The quantitative estimate of drug-likeness (QED) is 0.841. The second kappa shape index (κ2) is 6.00. The Bertz CT molecular complexity index is 438. The molecule has 0 saturated heterocycles. The highest BCUT2D eigenvalue weighted by atomic mass is 16.5. The molecule has 18 heavy (non-hydrogen) atoms. The Morgan fingerprint density at radius 2 is 2.17 bits per heavy atom. The van der Waals surface area contributed by atoms with Crippen LogP contribution < -0.4 is 10.9 Å². The maximum absolute atomic E-state index is 11.8. The van der Waals surface area contributed by atoms with Gasteiger partial charge in [0.05, 0.1) is 17.5 Å². The molecular formula is C13H23N3O2. The summed E-state index contributed by atoms with van der Waals surface area (Å²) in [6.07, 6.45) is 2.43. The molecule has 0 radical (unpaired) electrons. The highest BCUT2D eigenvalue weighted by Crippen LogP contribution is 2.13. The van der Waals surface area contributed by atoms with E-state index in [1.807, 2.05) is 27.7 Å². The van der Waals surface area contributed by atoms with Gasteiger partial charge in [-0.2, -0.15) is 5.10 Å². The summed E-state index contributed by atoms with van der Waals surface area (Å²) in [5, 5.41) is 7.31. The number of aromatic nitrogens is 2. The largest absolute Gasteiger partial charge is 0.381 e. The fourth-order valence-electron chi connectivity index (χ4n) is 1.49. The molecule has 1 rings (SSSR count). The monoisotopic (exact) mass is 253 g/mol. The number of aryl methyl sites for hydroxylation is 1. The molecule has 1 aromatic rings. The first-order chi connectivity index (χ1) is 8.34. The maximum atomic E-state index is 11.8. The minimum atomic E-state index is -0.240.